The van der Waals surface area contributed by atoms with Gasteiger partial charge in [-0.3, -0.25) is 9.59 Å². The highest BCUT2D eigenvalue weighted by Crippen LogP contribution is 2.41. The molecule has 0 saturated carbocycles. The lowest BCUT2D eigenvalue weighted by Crippen LogP contribution is -2.29. The van der Waals surface area contributed by atoms with E-state index in [1.54, 1.807) is 36.4 Å². The number of halogens is 1. The van der Waals surface area contributed by atoms with Crippen LogP contribution in [0, 0.1) is 11.7 Å². The Morgan fingerprint density at radius 3 is 2.43 bits per heavy atom. The normalized spacial score (nSPS) is 17.3. The van der Waals surface area contributed by atoms with Gasteiger partial charge in [-0.1, -0.05) is 50.2 Å². The highest BCUT2D eigenvalue weighted by atomic mass is 19.1. The van der Waals surface area contributed by atoms with E-state index in [0.717, 1.165) is 0 Å². The number of phenols is 1. The Morgan fingerprint density at radius 1 is 1.03 bits per heavy atom. The minimum absolute atomic E-state index is 0.0134. The molecular formula is C28H26FNO5. The Morgan fingerprint density at radius 2 is 1.74 bits per heavy atom. The molecule has 0 spiro atoms. The lowest BCUT2D eigenvalue weighted by Gasteiger charge is -2.25. The van der Waals surface area contributed by atoms with Gasteiger partial charge in [0, 0.05) is 12.1 Å². The number of carbonyl (C=O) groups excluding carboxylic acids is 2. The van der Waals surface area contributed by atoms with Crippen LogP contribution < -0.4 is 4.74 Å². The van der Waals surface area contributed by atoms with E-state index in [-0.39, 0.29) is 23.6 Å². The van der Waals surface area contributed by atoms with Crippen molar-refractivity contribution in [2.24, 2.45) is 5.92 Å². The van der Waals surface area contributed by atoms with Gasteiger partial charge < -0.3 is 19.8 Å². The first-order valence-electron chi connectivity index (χ1n) is 11.3. The van der Waals surface area contributed by atoms with E-state index in [4.69, 9.17) is 4.74 Å². The van der Waals surface area contributed by atoms with Crippen LogP contribution in [-0.2, 0) is 16.1 Å². The fourth-order valence-corrected chi connectivity index (χ4v) is 4.02. The number of aromatic hydroxyl groups is 1. The van der Waals surface area contributed by atoms with E-state index in [9.17, 15) is 24.2 Å². The molecule has 1 aliphatic heterocycles. The third kappa shape index (κ3) is 5.19. The number of likely N-dealkylation sites (tertiary alicyclic amines) is 1. The minimum atomic E-state index is -0.951. The topological polar surface area (TPSA) is 87.1 Å². The molecule has 0 aromatic heterocycles. The van der Waals surface area contributed by atoms with Gasteiger partial charge in [-0.15, -0.1) is 0 Å². The molecule has 1 saturated heterocycles. The Balaban J connectivity index is 1.80. The Kier molecular flexibility index (Phi) is 6.87. The van der Waals surface area contributed by atoms with Gasteiger partial charge in [-0.05, 0) is 53.4 Å². The standard InChI is InChI=1S/C28H26FNO5/c1-17(2)16-35-23-8-4-6-20(14-23)26(32)24-25(19-5-3-7-22(31)13-19)30(28(34)27(24)33)15-18-9-11-21(29)12-10-18/h3-14,17,25,31-32H,15-16H2,1-2H3/b26-24-. The third-order valence-corrected chi connectivity index (χ3v) is 5.68. The van der Waals surface area contributed by atoms with Crippen molar-refractivity contribution in [2.75, 3.05) is 6.61 Å². The van der Waals surface area contributed by atoms with Crippen molar-refractivity contribution in [3.63, 3.8) is 0 Å². The largest absolute Gasteiger partial charge is 0.508 e. The SMILES string of the molecule is CC(C)COc1cccc(/C(O)=C2/C(=O)C(=O)N(Cc3ccc(F)cc3)C2c2cccc(O)c2)c1. The predicted octanol–water partition coefficient (Wildman–Crippen LogP) is 5.19. The molecule has 35 heavy (non-hydrogen) atoms. The number of rotatable bonds is 7. The van der Waals surface area contributed by atoms with Crippen LogP contribution in [0.25, 0.3) is 5.76 Å². The van der Waals surface area contributed by atoms with Crippen LogP contribution in [0.2, 0.25) is 0 Å². The molecule has 1 fully saturated rings. The predicted molar refractivity (Wildman–Crippen MR) is 129 cm³/mol. The molecule has 1 aliphatic rings. The summed E-state index contributed by atoms with van der Waals surface area (Å²) in [7, 11) is 0. The summed E-state index contributed by atoms with van der Waals surface area (Å²) < 4.78 is 19.1. The Bertz CT molecular complexity index is 1280. The first-order chi connectivity index (χ1) is 16.7. The zero-order valence-corrected chi connectivity index (χ0v) is 19.4. The van der Waals surface area contributed by atoms with Crippen molar-refractivity contribution in [3.05, 3.63) is 101 Å². The molecule has 1 amide bonds. The average molecular weight is 476 g/mol. The average Bonchev–Trinajstić information content (AvgIpc) is 3.09. The molecule has 2 N–H and O–H groups in total. The van der Waals surface area contributed by atoms with Gasteiger partial charge >= 0.3 is 0 Å². The van der Waals surface area contributed by atoms with Gasteiger partial charge in [-0.2, -0.15) is 0 Å². The molecule has 6 nitrogen and oxygen atoms in total. The van der Waals surface area contributed by atoms with Crippen LogP contribution in [0.3, 0.4) is 0 Å². The van der Waals surface area contributed by atoms with E-state index < -0.39 is 23.5 Å². The lowest BCUT2D eigenvalue weighted by atomic mass is 9.95. The summed E-state index contributed by atoms with van der Waals surface area (Å²) in [6.07, 6.45) is 0. The molecule has 3 aromatic rings. The van der Waals surface area contributed by atoms with Gasteiger partial charge in [0.2, 0.25) is 0 Å². The van der Waals surface area contributed by atoms with Crippen LogP contribution in [0.15, 0.2) is 78.4 Å². The number of hydrogen-bond acceptors (Lipinski definition) is 5. The third-order valence-electron chi connectivity index (χ3n) is 5.68. The number of amides is 1. The number of ketones is 1. The quantitative estimate of drug-likeness (QED) is 0.279. The summed E-state index contributed by atoms with van der Waals surface area (Å²) in [5.74, 6) is -1.61. The maximum absolute atomic E-state index is 13.4. The van der Waals surface area contributed by atoms with Crippen molar-refractivity contribution in [3.8, 4) is 11.5 Å². The number of hydrogen-bond donors (Lipinski definition) is 2. The van der Waals surface area contributed by atoms with Crippen molar-refractivity contribution in [1.82, 2.24) is 4.90 Å². The summed E-state index contributed by atoms with van der Waals surface area (Å²) in [6, 6.07) is 17.5. The molecule has 1 heterocycles. The van der Waals surface area contributed by atoms with Gasteiger partial charge in [0.15, 0.2) is 0 Å². The number of carbonyl (C=O) groups is 2. The fourth-order valence-electron chi connectivity index (χ4n) is 4.02. The van der Waals surface area contributed by atoms with Crippen molar-refractivity contribution in [1.29, 1.82) is 0 Å². The van der Waals surface area contributed by atoms with Crippen molar-refractivity contribution >= 4 is 17.4 Å². The molecule has 7 heteroatoms. The van der Waals surface area contributed by atoms with E-state index in [2.05, 4.69) is 0 Å². The fraction of sp³-hybridized carbons (Fsp3) is 0.214. The highest BCUT2D eigenvalue weighted by molar-refractivity contribution is 6.46. The van der Waals surface area contributed by atoms with E-state index >= 15 is 0 Å². The maximum atomic E-state index is 13.4. The van der Waals surface area contributed by atoms with Crippen LogP contribution in [0.4, 0.5) is 4.39 Å². The Labute approximate surface area is 202 Å². The van der Waals surface area contributed by atoms with Crippen LogP contribution in [-0.4, -0.2) is 33.4 Å². The van der Waals surface area contributed by atoms with E-state index in [1.807, 2.05) is 13.8 Å². The number of aliphatic hydroxyl groups is 1. The second-order valence-corrected chi connectivity index (χ2v) is 8.88. The smallest absolute Gasteiger partial charge is 0.295 e. The maximum Gasteiger partial charge on any atom is 0.295 e. The zero-order valence-electron chi connectivity index (χ0n) is 19.4. The number of Topliss-reactive ketones (excluding diaryl/α,β-unsaturated/α-hetero) is 1. The first-order valence-corrected chi connectivity index (χ1v) is 11.3. The molecule has 0 aliphatic carbocycles. The van der Waals surface area contributed by atoms with Crippen molar-refractivity contribution in [2.45, 2.75) is 26.4 Å². The molecule has 180 valence electrons. The monoisotopic (exact) mass is 475 g/mol. The number of nitrogens with zero attached hydrogens (tertiary/aromatic N) is 1. The number of benzene rings is 3. The summed E-state index contributed by atoms with van der Waals surface area (Å²) >= 11 is 0. The van der Waals surface area contributed by atoms with E-state index in [1.165, 1.54) is 41.3 Å². The van der Waals surface area contributed by atoms with Crippen LogP contribution >= 0.6 is 0 Å². The van der Waals surface area contributed by atoms with Crippen molar-refractivity contribution < 1.29 is 28.9 Å². The van der Waals surface area contributed by atoms with Crippen LogP contribution in [0.1, 0.15) is 36.6 Å². The number of aliphatic hydroxyl groups excluding tert-OH is 1. The van der Waals surface area contributed by atoms with Gasteiger partial charge in [0.25, 0.3) is 11.7 Å². The molecule has 0 radical (unpaired) electrons. The summed E-state index contributed by atoms with van der Waals surface area (Å²) in [6.45, 7) is 4.53. The van der Waals surface area contributed by atoms with Gasteiger partial charge in [0.05, 0.1) is 18.2 Å². The number of phenolic OH excluding ortho intramolecular Hbond substituents is 1. The lowest BCUT2D eigenvalue weighted by molar-refractivity contribution is -0.140. The van der Waals surface area contributed by atoms with Gasteiger partial charge in [-0.25, -0.2) is 4.39 Å². The molecular weight excluding hydrogens is 449 g/mol. The molecule has 0 bridgehead atoms. The van der Waals surface area contributed by atoms with Gasteiger partial charge in [0.1, 0.15) is 23.1 Å². The summed E-state index contributed by atoms with van der Waals surface area (Å²) in [5.41, 5.74) is 1.31. The van der Waals surface area contributed by atoms with Crippen LogP contribution in [0.5, 0.6) is 11.5 Å². The minimum Gasteiger partial charge on any atom is -0.508 e. The second-order valence-electron chi connectivity index (χ2n) is 8.88. The zero-order chi connectivity index (χ0) is 25.1. The Hall–Kier alpha value is -4.13. The molecule has 1 atom stereocenters. The van der Waals surface area contributed by atoms with E-state index in [0.29, 0.717) is 35.0 Å². The summed E-state index contributed by atoms with van der Waals surface area (Å²) in [5, 5.41) is 21.3. The highest BCUT2D eigenvalue weighted by Gasteiger charge is 2.46. The molecule has 4 rings (SSSR count). The summed E-state index contributed by atoms with van der Waals surface area (Å²) in [4.78, 5) is 27.6. The molecule has 1 unspecified atom stereocenters. The molecule has 3 aromatic carbocycles. The number of ether oxygens (including phenoxy) is 1. The second kappa shape index (κ2) is 10.0. The first kappa shape index (κ1) is 24.0.